The number of nitrogens with one attached hydrogen (secondary N) is 2. The molecule has 0 bridgehead atoms. The summed E-state index contributed by atoms with van der Waals surface area (Å²) >= 11 is 13.6. The van der Waals surface area contributed by atoms with Crippen LogP contribution in [0.5, 0.6) is 0 Å². The van der Waals surface area contributed by atoms with Crippen molar-refractivity contribution in [2.24, 2.45) is 0 Å². The summed E-state index contributed by atoms with van der Waals surface area (Å²) in [5.74, 6) is 0.105. The largest absolute Gasteiger partial charge is 0.322 e. The second-order valence-corrected chi connectivity index (χ2v) is 13.0. The number of nitrogens with zero attached hydrogens (tertiary/aromatic N) is 1. The molecule has 0 unspecified atom stereocenters. The van der Waals surface area contributed by atoms with Gasteiger partial charge in [-0.05, 0) is 84.3 Å². The lowest BCUT2D eigenvalue weighted by atomic mass is 10.1. The number of thioether (sulfide) groups is 1. The zero-order valence-corrected chi connectivity index (χ0v) is 24.9. The molecule has 1 aliphatic heterocycles. The van der Waals surface area contributed by atoms with Gasteiger partial charge in [0, 0.05) is 27.8 Å². The molecule has 0 saturated carbocycles. The van der Waals surface area contributed by atoms with Gasteiger partial charge in [0.15, 0.2) is 0 Å². The van der Waals surface area contributed by atoms with Crippen molar-refractivity contribution in [2.45, 2.75) is 23.7 Å². The summed E-state index contributed by atoms with van der Waals surface area (Å²) in [6.07, 6.45) is 0. The third-order valence-electron chi connectivity index (χ3n) is 6.63. The Morgan fingerprint density at radius 2 is 1.63 bits per heavy atom. The molecule has 0 radical (unpaired) electrons. The quantitative estimate of drug-likeness (QED) is 0.217. The molecule has 1 aliphatic rings. The van der Waals surface area contributed by atoms with Gasteiger partial charge in [0.2, 0.25) is 5.91 Å². The Bertz CT molecular complexity index is 1700. The molecule has 41 heavy (non-hydrogen) atoms. The maximum atomic E-state index is 12.9. The second kappa shape index (κ2) is 12.2. The summed E-state index contributed by atoms with van der Waals surface area (Å²) in [7, 11) is -3.85. The van der Waals surface area contributed by atoms with Gasteiger partial charge in [-0.15, -0.1) is 11.8 Å². The summed E-state index contributed by atoms with van der Waals surface area (Å²) in [6, 6.07) is 25.4. The maximum absolute atomic E-state index is 12.9. The number of benzene rings is 4. The highest BCUT2D eigenvalue weighted by Gasteiger charge is 2.32. The number of carbonyl (C=O) groups excluding carboxylic acids is 2. The van der Waals surface area contributed by atoms with E-state index in [9.17, 15) is 18.0 Å². The lowest BCUT2D eigenvalue weighted by molar-refractivity contribution is -0.128. The van der Waals surface area contributed by atoms with Crippen molar-refractivity contribution in [3.8, 4) is 0 Å². The summed E-state index contributed by atoms with van der Waals surface area (Å²) in [5, 5.41) is 3.74. The molecule has 0 aliphatic carbocycles. The van der Waals surface area contributed by atoms with Crippen molar-refractivity contribution < 1.29 is 18.0 Å². The standard InChI is InChI=1S/C30H25Cl2N3O4S2/c1-19-26(32)3-2-4-27(19)34-41(38,39)25-15-13-24(14-16-25)33-29(37)21-7-9-22(10-8-21)30-35(28(36)18-40-30)17-20-5-11-23(31)12-6-20/h2-16,30,34H,17-18H2,1H3,(H,33,37)/t30-/m1/s1. The van der Waals surface area contributed by atoms with Crippen LogP contribution in [0.25, 0.3) is 0 Å². The second-order valence-electron chi connectivity index (χ2n) is 9.43. The smallest absolute Gasteiger partial charge is 0.261 e. The Labute approximate surface area is 252 Å². The Hall–Kier alpha value is -3.50. The number of sulfonamides is 1. The van der Waals surface area contributed by atoms with Crippen LogP contribution < -0.4 is 10.0 Å². The van der Waals surface area contributed by atoms with Crippen molar-refractivity contribution in [1.29, 1.82) is 0 Å². The van der Waals surface area contributed by atoms with Gasteiger partial charge < -0.3 is 10.2 Å². The normalized spacial score (nSPS) is 15.1. The molecule has 5 rings (SSSR count). The fourth-order valence-corrected chi connectivity index (χ4v) is 6.94. The summed E-state index contributed by atoms with van der Waals surface area (Å²) in [4.78, 5) is 27.3. The van der Waals surface area contributed by atoms with Crippen molar-refractivity contribution in [3.63, 3.8) is 0 Å². The van der Waals surface area contributed by atoms with Gasteiger partial charge in [-0.2, -0.15) is 0 Å². The first-order valence-corrected chi connectivity index (χ1v) is 15.8. The Balaban J connectivity index is 1.23. The fraction of sp³-hybridized carbons (Fsp3) is 0.133. The van der Waals surface area contributed by atoms with Crippen LogP contribution in [-0.2, 0) is 21.4 Å². The minimum absolute atomic E-state index is 0.0472. The number of carbonyl (C=O) groups is 2. The maximum Gasteiger partial charge on any atom is 0.261 e. The topological polar surface area (TPSA) is 95.6 Å². The molecule has 2 N–H and O–H groups in total. The van der Waals surface area contributed by atoms with Gasteiger partial charge in [-0.3, -0.25) is 14.3 Å². The zero-order valence-electron chi connectivity index (χ0n) is 21.8. The van der Waals surface area contributed by atoms with E-state index in [0.29, 0.717) is 44.8 Å². The first-order valence-electron chi connectivity index (χ1n) is 12.6. The van der Waals surface area contributed by atoms with E-state index < -0.39 is 10.0 Å². The van der Waals surface area contributed by atoms with Crippen molar-refractivity contribution in [1.82, 2.24) is 4.90 Å². The monoisotopic (exact) mass is 625 g/mol. The van der Waals surface area contributed by atoms with Crippen molar-refractivity contribution >= 4 is 68.2 Å². The minimum Gasteiger partial charge on any atom is -0.322 e. The average Bonchev–Trinajstić information content (AvgIpc) is 3.32. The number of halogens is 2. The summed E-state index contributed by atoms with van der Waals surface area (Å²) in [6.45, 7) is 2.20. The number of amides is 2. The molecule has 1 atom stereocenters. The molecule has 1 saturated heterocycles. The van der Waals surface area contributed by atoms with Crippen LogP contribution in [0.2, 0.25) is 10.0 Å². The molecule has 210 valence electrons. The van der Waals surface area contributed by atoms with E-state index in [4.69, 9.17) is 23.2 Å². The van der Waals surface area contributed by atoms with Crippen LogP contribution in [0.15, 0.2) is 95.9 Å². The molecule has 7 nitrogen and oxygen atoms in total. The molecular weight excluding hydrogens is 601 g/mol. The van der Waals surface area contributed by atoms with Crippen LogP contribution in [0.1, 0.15) is 32.4 Å². The van der Waals surface area contributed by atoms with E-state index in [1.165, 1.54) is 24.3 Å². The summed E-state index contributed by atoms with van der Waals surface area (Å²) < 4.78 is 28.2. The third kappa shape index (κ3) is 6.70. The first-order chi connectivity index (χ1) is 19.6. The van der Waals surface area contributed by atoms with Gasteiger partial charge >= 0.3 is 0 Å². The Kier molecular flexibility index (Phi) is 8.60. The van der Waals surface area contributed by atoms with Crippen LogP contribution in [-0.4, -0.2) is 30.9 Å². The molecule has 0 aromatic heterocycles. The van der Waals surface area contributed by atoms with Gasteiger partial charge in [0.05, 0.1) is 16.3 Å². The minimum atomic E-state index is -3.85. The van der Waals surface area contributed by atoms with E-state index in [-0.39, 0.29) is 22.1 Å². The van der Waals surface area contributed by atoms with E-state index in [0.717, 1.165) is 11.1 Å². The number of hydrogen-bond donors (Lipinski definition) is 2. The van der Waals surface area contributed by atoms with E-state index >= 15 is 0 Å². The summed E-state index contributed by atoms with van der Waals surface area (Å²) in [5.41, 5.74) is 3.81. The molecule has 4 aromatic rings. The highest BCUT2D eigenvalue weighted by molar-refractivity contribution is 8.00. The van der Waals surface area contributed by atoms with Crippen molar-refractivity contribution in [2.75, 3.05) is 15.8 Å². The number of anilines is 2. The van der Waals surface area contributed by atoms with Crippen LogP contribution in [0.4, 0.5) is 11.4 Å². The van der Waals surface area contributed by atoms with Crippen LogP contribution in [0.3, 0.4) is 0 Å². The third-order valence-corrected chi connectivity index (χ3v) is 9.93. The predicted molar refractivity (Wildman–Crippen MR) is 165 cm³/mol. The van der Waals surface area contributed by atoms with Gasteiger partial charge in [0.1, 0.15) is 5.37 Å². The van der Waals surface area contributed by atoms with E-state index in [1.54, 1.807) is 61.2 Å². The predicted octanol–water partition coefficient (Wildman–Crippen LogP) is 7.13. The van der Waals surface area contributed by atoms with Crippen molar-refractivity contribution in [3.05, 3.63) is 123 Å². The highest BCUT2D eigenvalue weighted by Crippen LogP contribution is 2.39. The molecule has 11 heteroatoms. The molecular formula is C30H25Cl2N3O4S2. The Morgan fingerprint density at radius 1 is 0.951 bits per heavy atom. The average molecular weight is 627 g/mol. The van der Waals surface area contributed by atoms with Gasteiger partial charge in [-0.1, -0.05) is 53.5 Å². The van der Waals surface area contributed by atoms with Crippen LogP contribution in [0, 0.1) is 6.92 Å². The van der Waals surface area contributed by atoms with Gasteiger partial charge in [-0.25, -0.2) is 8.42 Å². The van der Waals surface area contributed by atoms with Crippen LogP contribution >= 0.6 is 35.0 Å². The lowest BCUT2D eigenvalue weighted by Gasteiger charge is -2.24. The van der Waals surface area contributed by atoms with Gasteiger partial charge in [0.25, 0.3) is 15.9 Å². The lowest BCUT2D eigenvalue weighted by Crippen LogP contribution is -2.27. The molecule has 4 aromatic carbocycles. The fourth-order valence-electron chi connectivity index (χ4n) is 4.33. The van der Waals surface area contributed by atoms with E-state index in [2.05, 4.69) is 10.0 Å². The number of hydrogen-bond acceptors (Lipinski definition) is 5. The Morgan fingerprint density at radius 3 is 2.32 bits per heavy atom. The molecule has 2 amide bonds. The molecule has 1 heterocycles. The molecule has 0 spiro atoms. The first kappa shape index (κ1) is 29.0. The zero-order chi connectivity index (χ0) is 29.1. The number of rotatable bonds is 8. The SMILES string of the molecule is Cc1c(Cl)cccc1NS(=O)(=O)c1ccc(NC(=O)c2ccc([C@H]3SCC(=O)N3Cc3ccc(Cl)cc3)cc2)cc1. The highest BCUT2D eigenvalue weighted by atomic mass is 35.5. The molecule has 1 fully saturated rings. The van der Waals surface area contributed by atoms with E-state index in [1.807, 2.05) is 29.2 Å².